The summed E-state index contributed by atoms with van der Waals surface area (Å²) in [6.07, 6.45) is 0.216. The number of benzene rings is 1. The fraction of sp³-hybridized carbons (Fsp3) is 0.588. The number of aliphatic carboxylic acids is 1. The second kappa shape index (κ2) is 6.94. The molecule has 0 aliphatic carbocycles. The lowest BCUT2D eigenvalue weighted by Gasteiger charge is -2.29. The van der Waals surface area contributed by atoms with Crippen LogP contribution in [-0.4, -0.2) is 29.3 Å². The van der Waals surface area contributed by atoms with Gasteiger partial charge in [0, 0.05) is 6.42 Å². The summed E-state index contributed by atoms with van der Waals surface area (Å²) >= 11 is 0. The third kappa shape index (κ3) is 4.46. The monoisotopic (exact) mass is 293 g/mol. The molecule has 118 valence electrons. The number of carboxylic acids is 1. The van der Waals surface area contributed by atoms with Gasteiger partial charge in [-0.25, -0.2) is 0 Å². The third-order valence-corrected chi connectivity index (χ3v) is 3.83. The van der Waals surface area contributed by atoms with Crippen LogP contribution in [0.25, 0.3) is 0 Å². The minimum atomic E-state index is -0.971. The number of ether oxygens (including phenoxy) is 1. The van der Waals surface area contributed by atoms with E-state index < -0.39 is 11.5 Å². The van der Waals surface area contributed by atoms with Crippen molar-refractivity contribution < 1.29 is 14.6 Å². The summed E-state index contributed by atoms with van der Waals surface area (Å²) in [6.45, 7) is 12.2. The highest BCUT2D eigenvalue weighted by Crippen LogP contribution is 2.26. The summed E-state index contributed by atoms with van der Waals surface area (Å²) in [4.78, 5) is 11.5. The topological polar surface area (TPSA) is 58.6 Å². The lowest BCUT2D eigenvalue weighted by atomic mass is 9.94. The van der Waals surface area contributed by atoms with Crippen LogP contribution in [0.15, 0.2) is 12.1 Å². The Morgan fingerprint density at radius 3 is 2.52 bits per heavy atom. The van der Waals surface area contributed by atoms with Gasteiger partial charge in [-0.2, -0.15) is 0 Å². The summed E-state index contributed by atoms with van der Waals surface area (Å²) in [5, 5.41) is 12.4. The van der Waals surface area contributed by atoms with Gasteiger partial charge in [0.05, 0.1) is 6.10 Å². The normalized spacial score (nSPS) is 15.3. The second-order valence-corrected chi connectivity index (χ2v) is 6.01. The molecule has 0 saturated heterocycles. The Morgan fingerprint density at radius 1 is 1.38 bits per heavy atom. The molecule has 1 aromatic rings. The van der Waals surface area contributed by atoms with Gasteiger partial charge in [-0.15, -0.1) is 0 Å². The highest BCUT2D eigenvalue weighted by Gasteiger charge is 2.34. The van der Waals surface area contributed by atoms with Crippen LogP contribution >= 0.6 is 0 Å². The Morgan fingerprint density at radius 2 is 2.00 bits per heavy atom. The maximum atomic E-state index is 11.5. The predicted octanol–water partition coefficient (Wildman–Crippen LogP) is 3.22. The number of likely N-dealkylation sites (N-methyl/N-ethyl adjacent to an activating group) is 1. The van der Waals surface area contributed by atoms with Gasteiger partial charge < -0.3 is 15.2 Å². The Balaban J connectivity index is 2.86. The van der Waals surface area contributed by atoms with Gasteiger partial charge in [0.2, 0.25) is 0 Å². The first-order valence-electron chi connectivity index (χ1n) is 7.42. The lowest BCUT2D eigenvalue weighted by molar-refractivity contribution is -0.145. The van der Waals surface area contributed by atoms with E-state index in [1.165, 1.54) is 5.56 Å². The largest absolute Gasteiger partial charge is 0.490 e. The van der Waals surface area contributed by atoms with Gasteiger partial charge in [-0.3, -0.25) is 4.79 Å². The number of hydrogen-bond acceptors (Lipinski definition) is 3. The van der Waals surface area contributed by atoms with Crippen LogP contribution in [-0.2, 0) is 4.79 Å². The molecule has 0 heterocycles. The quantitative estimate of drug-likeness (QED) is 0.810. The van der Waals surface area contributed by atoms with Gasteiger partial charge in [0.25, 0.3) is 0 Å². The molecule has 2 atom stereocenters. The number of nitrogens with one attached hydrogen (secondary N) is 1. The van der Waals surface area contributed by atoms with Crippen molar-refractivity contribution >= 4 is 5.97 Å². The molecule has 0 spiro atoms. The van der Waals surface area contributed by atoms with E-state index in [4.69, 9.17) is 4.74 Å². The Labute approximate surface area is 127 Å². The molecular weight excluding hydrogens is 266 g/mol. The highest BCUT2D eigenvalue weighted by atomic mass is 16.5. The first-order chi connectivity index (χ1) is 9.69. The SMILES string of the molecule is CCNC(C)(CC(C)Oc1cc(C)cc(C)c1C)C(=O)O. The maximum absolute atomic E-state index is 11.5. The Bertz CT molecular complexity index is 513. The summed E-state index contributed by atoms with van der Waals surface area (Å²) < 4.78 is 6.00. The van der Waals surface area contributed by atoms with E-state index in [2.05, 4.69) is 18.3 Å². The first-order valence-corrected chi connectivity index (χ1v) is 7.42. The standard InChI is InChI=1S/C17H27NO3/c1-7-18-17(6,16(19)20)10-13(4)21-15-9-11(2)8-12(3)14(15)5/h8-9,13,18H,7,10H2,1-6H3,(H,19,20). The van der Waals surface area contributed by atoms with Crippen molar-refractivity contribution in [2.45, 2.75) is 59.6 Å². The molecule has 21 heavy (non-hydrogen) atoms. The minimum absolute atomic E-state index is 0.190. The average Bonchev–Trinajstić information content (AvgIpc) is 2.35. The lowest BCUT2D eigenvalue weighted by Crippen LogP contribution is -2.51. The number of aryl methyl sites for hydroxylation is 2. The Kier molecular flexibility index (Phi) is 5.78. The fourth-order valence-electron chi connectivity index (χ4n) is 2.58. The van der Waals surface area contributed by atoms with Crippen LogP contribution in [0, 0.1) is 20.8 Å². The van der Waals surface area contributed by atoms with Crippen molar-refractivity contribution in [2.75, 3.05) is 6.54 Å². The van der Waals surface area contributed by atoms with Crippen LogP contribution in [0.2, 0.25) is 0 Å². The van der Waals surface area contributed by atoms with Crippen LogP contribution in [0.1, 0.15) is 43.9 Å². The van der Waals surface area contributed by atoms with Gasteiger partial charge in [-0.05, 0) is 63.9 Å². The van der Waals surface area contributed by atoms with Crippen molar-refractivity contribution in [1.29, 1.82) is 0 Å². The first kappa shape index (κ1) is 17.5. The molecule has 0 bridgehead atoms. The molecule has 0 aliphatic heterocycles. The number of carboxylic acid groups (broad SMARTS) is 1. The number of hydrogen-bond donors (Lipinski definition) is 2. The molecular formula is C17H27NO3. The Hall–Kier alpha value is -1.55. The molecule has 0 radical (unpaired) electrons. The second-order valence-electron chi connectivity index (χ2n) is 6.01. The van der Waals surface area contributed by atoms with E-state index >= 15 is 0 Å². The molecule has 0 saturated carbocycles. The summed E-state index contributed by atoms with van der Waals surface area (Å²) in [7, 11) is 0. The molecule has 4 nitrogen and oxygen atoms in total. The molecule has 2 N–H and O–H groups in total. The minimum Gasteiger partial charge on any atom is -0.490 e. The molecule has 1 rings (SSSR count). The van der Waals surface area contributed by atoms with Crippen LogP contribution in [0.4, 0.5) is 0 Å². The van der Waals surface area contributed by atoms with Crippen molar-refractivity contribution in [2.24, 2.45) is 0 Å². The van der Waals surface area contributed by atoms with Crippen LogP contribution < -0.4 is 10.1 Å². The molecule has 2 unspecified atom stereocenters. The van der Waals surface area contributed by atoms with Crippen LogP contribution in [0.3, 0.4) is 0 Å². The van der Waals surface area contributed by atoms with Crippen molar-refractivity contribution in [1.82, 2.24) is 5.32 Å². The van der Waals surface area contributed by atoms with Gasteiger partial charge in [-0.1, -0.05) is 13.0 Å². The molecule has 0 aromatic heterocycles. The van der Waals surface area contributed by atoms with E-state index in [0.717, 1.165) is 16.9 Å². The zero-order chi connectivity index (χ0) is 16.2. The summed E-state index contributed by atoms with van der Waals surface area (Å²) in [5.74, 6) is -0.0128. The van der Waals surface area contributed by atoms with E-state index in [0.29, 0.717) is 13.0 Å². The zero-order valence-corrected chi connectivity index (χ0v) is 13.9. The number of rotatable bonds is 7. The van der Waals surface area contributed by atoms with E-state index in [1.807, 2.05) is 33.8 Å². The number of carbonyl (C=O) groups is 1. The summed E-state index contributed by atoms with van der Waals surface area (Å²) in [5.41, 5.74) is 2.46. The van der Waals surface area contributed by atoms with E-state index in [9.17, 15) is 9.90 Å². The molecule has 1 aromatic carbocycles. The predicted molar refractivity (Wildman–Crippen MR) is 85.1 cm³/mol. The highest BCUT2D eigenvalue weighted by molar-refractivity contribution is 5.78. The van der Waals surface area contributed by atoms with Crippen molar-refractivity contribution in [3.05, 3.63) is 28.8 Å². The molecule has 0 aliphatic rings. The van der Waals surface area contributed by atoms with Gasteiger partial charge in [0.15, 0.2) is 0 Å². The van der Waals surface area contributed by atoms with Crippen molar-refractivity contribution in [3.63, 3.8) is 0 Å². The average molecular weight is 293 g/mol. The molecule has 0 fully saturated rings. The van der Waals surface area contributed by atoms with E-state index in [-0.39, 0.29) is 6.10 Å². The van der Waals surface area contributed by atoms with Crippen LogP contribution in [0.5, 0.6) is 5.75 Å². The summed E-state index contributed by atoms with van der Waals surface area (Å²) in [6, 6.07) is 4.12. The van der Waals surface area contributed by atoms with Gasteiger partial charge in [0.1, 0.15) is 11.3 Å². The van der Waals surface area contributed by atoms with E-state index in [1.54, 1.807) is 6.92 Å². The molecule has 4 heteroatoms. The zero-order valence-electron chi connectivity index (χ0n) is 13.9. The third-order valence-electron chi connectivity index (χ3n) is 3.83. The fourth-order valence-corrected chi connectivity index (χ4v) is 2.58. The molecule has 0 amide bonds. The maximum Gasteiger partial charge on any atom is 0.323 e. The smallest absolute Gasteiger partial charge is 0.323 e. The van der Waals surface area contributed by atoms with Crippen molar-refractivity contribution in [3.8, 4) is 5.75 Å². The van der Waals surface area contributed by atoms with Gasteiger partial charge >= 0.3 is 5.97 Å².